The van der Waals surface area contributed by atoms with Crippen molar-refractivity contribution in [2.75, 3.05) is 0 Å². The lowest BCUT2D eigenvalue weighted by atomic mass is 15.9. The first kappa shape index (κ1) is 29.7. The summed E-state index contributed by atoms with van der Waals surface area (Å²) < 4.78 is 0. The summed E-state index contributed by atoms with van der Waals surface area (Å²) in [6.07, 6.45) is 0. The van der Waals surface area contributed by atoms with Crippen molar-refractivity contribution in [3.05, 3.63) is 0 Å². The van der Waals surface area contributed by atoms with Crippen LogP contribution in [0.15, 0.2) is 0 Å². The molecule has 0 aromatic rings. The first-order valence-corrected chi connectivity index (χ1v) is 9.29. The monoisotopic (exact) mass is 362 g/mol. The van der Waals surface area contributed by atoms with E-state index in [0.29, 0.717) is 0 Å². The van der Waals surface area contributed by atoms with Crippen LogP contribution in [0.5, 0.6) is 0 Å². The molecule has 4 nitrogen and oxygen atoms in total. The molecule has 0 aromatic carbocycles. The molecular formula is H12O4P2S7. The lowest BCUT2D eigenvalue weighted by molar-refractivity contribution is 0.501. The highest BCUT2D eigenvalue weighted by atomic mass is 32.9. The standard InChI is InChI=1S/2H3O2PS2.3H2S/c2*1-3(2,4)5;;;/h2*(H3,1,2,4,5);3*1H2. The van der Waals surface area contributed by atoms with E-state index in [-0.39, 0.29) is 40.5 Å². The molecule has 0 aliphatic heterocycles. The van der Waals surface area contributed by atoms with Crippen molar-refractivity contribution < 1.29 is 19.6 Å². The summed E-state index contributed by atoms with van der Waals surface area (Å²) in [7, 11) is 0. The van der Waals surface area contributed by atoms with Crippen molar-refractivity contribution in [2.45, 2.75) is 0 Å². The van der Waals surface area contributed by atoms with Crippen molar-refractivity contribution in [2.24, 2.45) is 0 Å². The van der Waals surface area contributed by atoms with Gasteiger partial charge in [0, 0.05) is 0 Å². The quantitative estimate of drug-likeness (QED) is 0.280. The highest BCUT2D eigenvalue weighted by Crippen LogP contribution is 2.40. The van der Waals surface area contributed by atoms with E-state index in [2.05, 4.69) is 48.1 Å². The third-order valence-electron chi connectivity index (χ3n) is 0. The molecule has 0 unspecified atom stereocenters. The van der Waals surface area contributed by atoms with E-state index in [4.69, 9.17) is 19.6 Å². The molecule has 0 radical (unpaired) electrons. The van der Waals surface area contributed by atoms with Gasteiger partial charge >= 0.3 is 0 Å². The Hall–Kier alpha value is 2.89. The van der Waals surface area contributed by atoms with E-state index in [1.807, 2.05) is 0 Å². The van der Waals surface area contributed by atoms with Gasteiger partial charge in [-0.25, -0.2) is 0 Å². The molecule has 0 aliphatic carbocycles. The Labute approximate surface area is 119 Å². The lowest BCUT2D eigenvalue weighted by Crippen LogP contribution is -1.53. The Balaban J connectivity index is -0.0000000267. The molecule has 0 aromatic heterocycles. The van der Waals surface area contributed by atoms with Crippen molar-refractivity contribution >= 4 is 100.0 Å². The Kier molecular flexibility index (Phi) is 29.6. The average molecular weight is 363 g/mol. The van der Waals surface area contributed by atoms with E-state index in [0.717, 1.165) is 0 Å². The van der Waals surface area contributed by atoms with E-state index in [1.165, 1.54) is 0 Å². The molecule has 0 heterocycles. The van der Waals surface area contributed by atoms with Gasteiger partial charge in [0.1, 0.15) is 0 Å². The van der Waals surface area contributed by atoms with E-state index in [1.54, 1.807) is 0 Å². The fraction of sp³-hybridized carbons (Fsp3) is 0. The van der Waals surface area contributed by atoms with Gasteiger partial charge in [-0.2, -0.15) is 40.5 Å². The molecular weight excluding hydrogens is 350 g/mol. The van der Waals surface area contributed by atoms with Crippen LogP contribution in [0.25, 0.3) is 0 Å². The Morgan fingerprint density at radius 2 is 0.692 bits per heavy atom. The maximum absolute atomic E-state index is 7.87. The maximum Gasteiger partial charge on any atom is 0.239 e. The fourth-order valence-electron chi connectivity index (χ4n) is 0. The summed E-state index contributed by atoms with van der Waals surface area (Å²) in [5.41, 5.74) is -6.22. The number of thiol groups is 2. The second-order valence-corrected chi connectivity index (χ2v) is 11.1. The van der Waals surface area contributed by atoms with Gasteiger partial charge in [-0.1, -0.05) is 24.5 Å². The predicted octanol–water partition coefficient (Wildman–Crippen LogP) is 0.589. The minimum absolute atomic E-state index is 0. The highest BCUT2D eigenvalue weighted by molar-refractivity contribution is 8.59. The van der Waals surface area contributed by atoms with Gasteiger partial charge in [0.15, 0.2) is 0 Å². The van der Waals surface area contributed by atoms with E-state index < -0.39 is 11.4 Å². The van der Waals surface area contributed by atoms with E-state index >= 15 is 0 Å². The first-order chi connectivity index (χ1) is 4.00. The molecule has 0 saturated heterocycles. The third-order valence-corrected chi connectivity index (χ3v) is 0. The van der Waals surface area contributed by atoms with Crippen molar-refractivity contribution in [3.63, 3.8) is 0 Å². The molecule has 0 atom stereocenters. The SMILES string of the molecule is OP(O)(=S)S.OP(O)(=S)S.S.S.S. The molecule has 0 rings (SSSR count). The lowest BCUT2D eigenvalue weighted by Gasteiger charge is -1.88. The summed E-state index contributed by atoms with van der Waals surface area (Å²) >= 11 is 14.1. The second kappa shape index (κ2) is 13.0. The fourth-order valence-corrected chi connectivity index (χ4v) is 0. The van der Waals surface area contributed by atoms with E-state index in [9.17, 15) is 0 Å². The molecule has 0 fully saturated rings. The van der Waals surface area contributed by atoms with Crippen molar-refractivity contribution in [1.29, 1.82) is 0 Å². The zero-order valence-corrected chi connectivity index (χ0v) is 14.1. The van der Waals surface area contributed by atoms with Crippen LogP contribution >= 0.6 is 76.4 Å². The Bertz CT molecular complexity index is 131. The maximum atomic E-state index is 7.87. The van der Waals surface area contributed by atoms with Crippen molar-refractivity contribution in [3.8, 4) is 0 Å². The predicted molar refractivity (Wildman–Crippen MR) is 86.6 cm³/mol. The molecule has 0 spiro atoms. The third kappa shape index (κ3) is 296. The molecule has 0 saturated carbocycles. The molecule has 0 aliphatic rings. The zero-order valence-electron chi connectivity index (χ0n) is 5.89. The van der Waals surface area contributed by atoms with Crippen LogP contribution in [-0.4, -0.2) is 19.6 Å². The molecule has 13 heavy (non-hydrogen) atoms. The normalized spacial score (nSPS) is 9.08. The van der Waals surface area contributed by atoms with Gasteiger partial charge < -0.3 is 19.6 Å². The number of rotatable bonds is 0. The van der Waals surface area contributed by atoms with Gasteiger partial charge in [0.2, 0.25) is 11.4 Å². The minimum Gasteiger partial charge on any atom is -0.338 e. The van der Waals surface area contributed by atoms with Gasteiger partial charge in [0.05, 0.1) is 0 Å². The van der Waals surface area contributed by atoms with Gasteiger partial charge in [-0.05, 0) is 23.6 Å². The highest BCUT2D eigenvalue weighted by Gasteiger charge is 1.90. The van der Waals surface area contributed by atoms with Gasteiger partial charge in [-0.3, -0.25) is 0 Å². The minimum atomic E-state index is -3.11. The first-order valence-electron chi connectivity index (χ1n) is 1.57. The topological polar surface area (TPSA) is 80.9 Å². The summed E-state index contributed by atoms with van der Waals surface area (Å²) in [5, 5.41) is 0. The molecule has 88 valence electrons. The van der Waals surface area contributed by atoms with Crippen LogP contribution < -0.4 is 0 Å². The summed E-state index contributed by atoms with van der Waals surface area (Å²) in [6, 6.07) is 0. The zero-order chi connectivity index (χ0) is 9.00. The summed E-state index contributed by atoms with van der Waals surface area (Å²) in [5.74, 6) is 0. The summed E-state index contributed by atoms with van der Waals surface area (Å²) in [6.45, 7) is 0. The summed E-state index contributed by atoms with van der Waals surface area (Å²) in [4.78, 5) is 31.5. The molecule has 4 N–H and O–H groups in total. The molecule has 0 amide bonds. The van der Waals surface area contributed by atoms with Crippen LogP contribution in [0.3, 0.4) is 0 Å². The smallest absolute Gasteiger partial charge is 0.239 e. The molecule has 13 heteroatoms. The Morgan fingerprint density at radius 1 is 0.692 bits per heavy atom. The van der Waals surface area contributed by atoms with Crippen LogP contribution in [0.1, 0.15) is 0 Å². The van der Waals surface area contributed by atoms with Crippen molar-refractivity contribution in [1.82, 2.24) is 0 Å². The van der Waals surface area contributed by atoms with Crippen LogP contribution in [0.4, 0.5) is 0 Å². The van der Waals surface area contributed by atoms with Crippen LogP contribution in [0, 0.1) is 0 Å². The second-order valence-electron chi connectivity index (χ2n) is 1.03. The number of hydrogen-bond acceptors (Lipinski definition) is 2. The number of hydrogen-bond donors (Lipinski definition) is 6. The van der Waals surface area contributed by atoms with Crippen LogP contribution in [-0.2, 0) is 23.6 Å². The largest absolute Gasteiger partial charge is 0.338 e. The molecule has 0 bridgehead atoms. The van der Waals surface area contributed by atoms with Crippen LogP contribution in [0.2, 0.25) is 0 Å². The van der Waals surface area contributed by atoms with Gasteiger partial charge in [-0.15, -0.1) is 0 Å². The Morgan fingerprint density at radius 3 is 0.692 bits per heavy atom. The average Bonchev–Trinajstić information content (AvgIpc) is 1.12. The van der Waals surface area contributed by atoms with Gasteiger partial charge in [0.25, 0.3) is 0 Å².